The highest BCUT2D eigenvalue weighted by molar-refractivity contribution is 6.32. The van der Waals surface area contributed by atoms with Crippen molar-refractivity contribution in [1.82, 2.24) is 14.8 Å². The van der Waals surface area contributed by atoms with Gasteiger partial charge in [0.15, 0.2) is 11.5 Å². The van der Waals surface area contributed by atoms with Crippen molar-refractivity contribution in [3.8, 4) is 11.5 Å². The number of fused-ring (bicyclic) bond motifs is 1. The molecule has 0 saturated carbocycles. The van der Waals surface area contributed by atoms with Gasteiger partial charge in [-0.2, -0.15) is 5.10 Å². The molecule has 0 spiro atoms. The van der Waals surface area contributed by atoms with E-state index in [0.717, 1.165) is 31.4 Å². The molecule has 8 heteroatoms. The zero-order valence-corrected chi connectivity index (χ0v) is 14.3. The highest BCUT2D eigenvalue weighted by Crippen LogP contribution is 2.40. The fraction of sp³-hybridized carbons (Fsp3) is 0.353. The van der Waals surface area contributed by atoms with Gasteiger partial charge in [-0.25, -0.2) is 9.78 Å². The summed E-state index contributed by atoms with van der Waals surface area (Å²) < 4.78 is 17.5. The summed E-state index contributed by atoms with van der Waals surface area (Å²) in [6.07, 6.45) is 8.95. The molecule has 0 unspecified atom stereocenters. The van der Waals surface area contributed by atoms with E-state index in [1.165, 1.54) is 12.4 Å². The van der Waals surface area contributed by atoms with Crippen LogP contribution in [0, 0.1) is 0 Å². The van der Waals surface area contributed by atoms with E-state index in [2.05, 4.69) is 10.1 Å². The Morgan fingerprint density at radius 3 is 3.08 bits per heavy atom. The summed E-state index contributed by atoms with van der Waals surface area (Å²) in [7, 11) is 0. The molecule has 0 aliphatic carbocycles. The molecule has 0 atom stereocenters. The predicted octanol–water partition coefficient (Wildman–Crippen LogP) is 3.09. The number of aromatic nitrogens is 3. The molecular formula is C17H18ClN3O4. The molecule has 0 amide bonds. The van der Waals surface area contributed by atoms with Crippen molar-refractivity contribution in [3.05, 3.63) is 41.4 Å². The van der Waals surface area contributed by atoms with Crippen LogP contribution in [0.5, 0.6) is 11.5 Å². The molecule has 0 saturated heterocycles. The van der Waals surface area contributed by atoms with Crippen LogP contribution in [0.2, 0.25) is 5.02 Å². The van der Waals surface area contributed by atoms with E-state index in [0.29, 0.717) is 23.1 Å². The number of aryl methyl sites for hydroxylation is 1. The molecule has 2 aromatic rings. The summed E-state index contributed by atoms with van der Waals surface area (Å²) in [6.45, 7) is 1.36. The normalized spacial score (nSPS) is 12.7. The van der Waals surface area contributed by atoms with E-state index in [-0.39, 0.29) is 12.8 Å². The van der Waals surface area contributed by atoms with Gasteiger partial charge in [-0.1, -0.05) is 11.6 Å². The topological polar surface area (TPSA) is 75.5 Å². The fourth-order valence-electron chi connectivity index (χ4n) is 2.37. The van der Waals surface area contributed by atoms with Gasteiger partial charge in [-0.05, 0) is 43.0 Å². The van der Waals surface area contributed by atoms with Crippen molar-refractivity contribution in [2.24, 2.45) is 0 Å². The molecule has 132 valence electrons. The lowest BCUT2D eigenvalue weighted by Gasteiger charge is -2.03. The van der Waals surface area contributed by atoms with E-state index < -0.39 is 0 Å². The number of nitrogens with zero attached hydrogens (tertiary/aromatic N) is 3. The molecule has 1 aliphatic rings. The van der Waals surface area contributed by atoms with Gasteiger partial charge >= 0.3 is 5.97 Å². The number of carbonyl (C=O) groups is 1. The monoisotopic (exact) mass is 363 g/mol. The molecule has 3 rings (SSSR count). The van der Waals surface area contributed by atoms with Crippen LogP contribution in [-0.4, -0.2) is 34.1 Å². The van der Waals surface area contributed by atoms with Gasteiger partial charge in [-0.15, -0.1) is 0 Å². The zero-order chi connectivity index (χ0) is 17.5. The summed E-state index contributed by atoms with van der Waals surface area (Å²) in [5.74, 6) is 0.727. The minimum Gasteiger partial charge on any atom is -0.463 e. The average Bonchev–Trinajstić information content (AvgIpc) is 3.27. The molecule has 1 aliphatic heterocycles. The maximum Gasteiger partial charge on any atom is 0.330 e. The van der Waals surface area contributed by atoms with Crippen LogP contribution >= 0.6 is 11.6 Å². The van der Waals surface area contributed by atoms with Crippen LogP contribution in [0.1, 0.15) is 24.8 Å². The SMILES string of the molecule is O=C(/C=C/c1cc(Cl)c2c(c1)OCO2)OCCCCCn1cncn1. The van der Waals surface area contributed by atoms with Gasteiger partial charge in [0, 0.05) is 12.6 Å². The molecule has 0 fully saturated rings. The Morgan fingerprint density at radius 2 is 2.24 bits per heavy atom. The van der Waals surface area contributed by atoms with E-state index in [1.54, 1.807) is 29.2 Å². The number of ether oxygens (including phenoxy) is 3. The summed E-state index contributed by atoms with van der Waals surface area (Å²) in [4.78, 5) is 15.6. The van der Waals surface area contributed by atoms with Crippen LogP contribution in [0.3, 0.4) is 0 Å². The third kappa shape index (κ3) is 4.96. The second kappa shape index (κ2) is 8.53. The second-order valence-corrected chi connectivity index (χ2v) is 5.86. The zero-order valence-electron chi connectivity index (χ0n) is 13.6. The first kappa shape index (κ1) is 17.3. The molecule has 2 heterocycles. The minimum atomic E-state index is -0.384. The lowest BCUT2D eigenvalue weighted by atomic mass is 10.2. The molecule has 0 bridgehead atoms. The van der Waals surface area contributed by atoms with Crippen molar-refractivity contribution in [3.63, 3.8) is 0 Å². The van der Waals surface area contributed by atoms with Gasteiger partial charge < -0.3 is 14.2 Å². The Labute approximate surface area is 150 Å². The number of esters is 1. The van der Waals surface area contributed by atoms with Gasteiger partial charge in [0.05, 0.1) is 11.6 Å². The van der Waals surface area contributed by atoms with E-state index in [9.17, 15) is 4.79 Å². The quantitative estimate of drug-likeness (QED) is 0.407. The van der Waals surface area contributed by atoms with Gasteiger partial charge in [0.2, 0.25) is 6.79 Å². The number of carbonyl (C=O) groups excluding carboxylic acids is 1. The first-order valence-electron chi connectivity index (χ1n) is 7.99. The average molecular weight is 364 g/mol. The van der Waals surface area contributed by atoms with E-state index in [1.807, 2.05) is 0 Å². The molecule has 7 nitrogen and oxygen atoms in total. The highest BCUT2D eigenvalue weighted by atomic mass is 35.5. The number of halogens is 1. The number of hydrogen-bond donors (Lipinski definition) is 0. The number of unbranched alkanes of at least 4 members (excludes halogenated alkanes) is 2. The first-order valence-corrected chi connectivity index (χ1v) is 8.36. The van der Waals surface area contributed by atoms with Crippen molar-refractivity contribution in [2.45, 2.75) is 25.8 Å². The van der Waals surface area contributed by atoms with Crippen LogP contribution in [0.25, 0.3) is 6.08 Å². The number of hydrogen-bond acceptors (Lipinski definition) is 6. The maximum absolute atomic E-state index is 11.7. The predicted molar refractivity (Wildman–Crippen MR) is 91.4 cm³/mol. The number of rotatable bonds is 8. The lowest BCUT2D eigenvalue weighted by molar-refractivity contribution is -0.137. The molecule has 0 N–H and O–H groups in total. The van der Waals surface area contributed by atoms with Crippen LogP contribution in [0.4, 0.5) is 0 Å². The largest absolute Gasteiger partial charge is 0.463 e. The Balaban J connectivity index is 1.36. The van der Waals surface area contributed by atoms with Crippen LogP contribution in [0.15, 0.2) is 30.9 Å². The summed E-state index contributed by atoms with van der Waals surface area (Å²) in [5.41, 5.74) is 0.749. The van der Waals surface area contributed by atoms with Gasteiger partial charge in [0.1, 0.15) is 12.7 Å². The Bertz CT molecular complexity index is 747. The van der Waals surface area contributed by atoms with Crippen molar-refractivity contribution in [1.29, 1.82) is 0 Å². The van der Waals surface area contributed by atoms with Crippen LogP contribution in [-0.2, 0) is 16.1 Å². The van der Waals surface area contributed by atoms with Gasteiger partial charge in [0.25, 0.3) is 0 Å². The molecule has 0 radical (unpaired) electrons. The van der Waals surface area contributed by atoms with Crippen molar-refractivity contribution >= 4 is 23.6 Å². The number of benzene rings is 1. The maximum atomic E-state index is 11.7. The van der Waals surface area contributed by atoms with Crippen LogP contribution < -0.4 is 9.47 Å². The third-order valence-corrected chi connectivity index (χ3v) is 3.88. The van der Waals surface area contributed by atoms with E-state index >= 15 is 0 Å². The Morgan fingerprint density at radius 1 is 1.32 bits per heavy atom. The second-order valence-electron chi connectivity index (χ2n) is 5.46. The minimum absolute atomic E-state index is 0.154. The van der Waals surface area contributed by atoms with Gasteiger partial charge in [-0.3, -0.25) is 4.68 Å². The summed E-state index contributed by atoms with van der Waals surface area (Å²) in [6, 6.07) is 3.48. The first-order chi connectivity index (χ1) is 12.2. The third-order valence-electron chi connectivity index (χ3n) is 3.60. The summed E-state index contributed by atoms with van der Waals surface area (Å²) >= 11 is 6.09. The molecule has 1 aromatic carbocycles. The summed E-state index contributed by atoms with van der Waals surface area (Å²) in [5, 5.41) is 4.48. The smallest absolute Gasteiger partial charge is 0.330 e. The molecule has 1 aromatic heterocycles. The fourth-order valence-corrected chi connectivity index (χ4v) is 2.64. The Kier molecular flexibility index (Phi) is 5.90. The Hall–Kier alpha value is -2.54. The molecule has 25 heavy (non-hydrogen) atoms. The molecular weight excluding hydrogens is 346 g/mol. The van der Waals surface area contributed by atoms with Crippen molar-refractivity contribution in [2.75, 3.05) is 13.4 Å². The van der Waals surface area contributed by atoms with E-state index in [4.69, 9.17) is 25.8 Å². The standard InChI is InChI=1S/C17H18ClN3O4/c18-14-8-13(9-15-17(14)25-12-24-15)4-5-16(22)23-7-3-1-2-6-21-11-19-10-20-21/h4-5,8-11H,1-3,6-7,12H2/b5-4+. The van der Waals surface area contributed by atoms with Crippen molar-refractivity contribution < 1.29 is 19.0 Å². The highest BCUT2D eigenvalue weighted by Gasteiger charge is 2.17. The lowest BCUT2D eigenvalue weighted by Crippen LogP contribution is -2.03.